The quantitative estimate of drug-likeness (QED) is 0.567. The van der Waals surface area contributed by atoms with Crippen molar-refractivity contribution >= 4 is 5.91 Å². The predicted molar refractivity (Wildman–Crippen MR) is 44.3 cm³/mol. The molecule has 1 amide bonds. The van der Waals surface area contributed by atoms with Crippen molar-refractivity contribution in [3.05, 3.63) is 12.2 Å². The molecule has 3 nitrogen and oxygen atoms in total. The van der Waals surface area contributed by atoms with Crippen LogP contribution in [0.1, 0.15) is 6.92 Å². The monoisotopic (exact) mass is 154 g/mol. The summed E-state index contributed by atoms with van der Waals surface area (Å²) in [6, 6.07) is 0. The molecule has 0 bridgehead atoms. The molecule has 11 heavy (non-hydrogen) atoms. The van der Waals surface area contributed by atoms with Gasteiger partial charge in [0.2, 0.25) is 5.91 Å². The van der Waals surface area contributed by atoms with Crippen LogP contribution in [0.3, 0.4) is 0 Å². The Bertz CT molecular complexity index is 175. The third-order valence-corrected chi connectivity index (χ3v) is 1.61. The van der Waals surface area contributed by atoms with Gasteiger partial charge in [-0.1, -0.05) is 12.2 Å². The van der Waals surface area contributed by atoms with E-state index >= 15 is 0 Å². The highest BCUT2D eigenvalue weighted by Gasteiger charge is 2.14. The molecule has 1 rings (SSSR count). The molecule has 62 valence electrons. The van der Waals surface area contributed by atoms with Crippen molar-refractivity contribution in [2.45, 2.75) is 6.92 Å². The van der Waals surface area contributed by atoms with E-state index < -0.39 is 0 Å². The maximum atomic E-state index is 10.9. The molecule has 0 aliphatic carbocycles. The Morgan fingerprint density at radius 2 is 2.55 bits per heavy atom. The highest BCUT2D eigenvalue weighted by molar-refractivity contribution is 5.78. The van der Waals surface area contributed by atoms with E-state index in [0.717, 1.165) is 25.2 Å². The Morgan fingerprint density at radius 1 is 1.82 bits per heavy atom. The molecule has 0 aromatic heterocycles. The van der Waals surface area contributed by atoms with Gasteiger partial charge in [0.1, 0.15) is 0 Å². The van der Waals surface area contributed by atoms with E-state index in [1.807, 2.05) is 6.92 Å². The molecule has 0 aromatic carbocycles. The summed E-state index contributed by atoms with van der Waals surface area (Å²) in [6.45, 7) is 8.85. The Balaban J connectivity index is 2.34. The van der Waals surface area contributed by atoms with E-state index in [9.17, 15) is 4.79 Å². The summed E-state index contributed by atoms with van der Waals surface area (Å²) in [5, 5.41) is 2.77. The van der Waals surface area contributed by atoms with Gasteiger partial charge in [-0.3, -0.25) is 9.69 Å². The lowest BCUT2D eigenvalue weighted by atomic mass is 10.3. The number of carbonyl (C=O) groups excluding carboxylic acids is 1. The minimum absolute atomic E-state index is 0.123. The lowest BCUT2D eigenvalue weighted by molar-refractivity contribution is -0.123. The third kappa shape index (κ3) is 2.72. The van der Waals surface area contributed by atoms with Crippen molar-refractivity contribution in [2.24, 2.45) is 0 Å². The number of hydrogen-bond acceptors (Lipinski definition) is 2. The Labute approximate surface area is 67.1 Å². The van der Waals surface area contributed by atoms with Crippen LogP contribution in [0.4, 0.5) is 0 Å². The highest BCUT2D eigenvalue weighted by Crippen LogP contribution is 1.97. The second-order valence-electron chi connectivity index (χ2n) is 3.02. The Hall–Kier alpha value is -0.830. The van der Waals surface area contributed by atoms with Gasteiger partial charge < -0.3 is 5.32 Å². The van der Waals surface area contributed by atoms with Crippen LogP contribution in [0.25, 0.3) is 0 Å². The minimum Gasteiger partial charge on any atom is -0.354 e. The zero-order valence-corrected chi connectivity index (χ0v) is 6.89. The summed E-state index contributed by atoms with van der Waals surface area (Å²) in [6.07, 6.45) is 0. The number of piperazine rings is 1. The zero-order chi connectivity index (χ0) is 8.27. The topological polar surface area (TPSA) is 32.3 Å². The summed E-state index contributed by atoms with van der Waals surface area (Å²) in [5.74, 6) is 0.123. The van der Waals surface area contributed by atoms with Crippen molar-refractivity contribution in [1.82, 2.24) is 10.2 Å². The predicted octanol–water partition coefficient (Wildman–Crippen LogP) is -0.00570. The van der Waals surface area contributed by atoms with Crippen molar-refractivity contribution in [1.29, 1.82) is 0 Å². The fourth-order valence-corrected chi connectivity index (χ4v) is 1.21. The van der Waals surface area contributed by atoms with Crippen LogP contribution in [0.15, 0.2) is 12.2 Å². The fraction of sp³-hybridized carbons (Fsp3) is 0.625. The molecule has 0 saturated carbocycles. The molecule has 1 aliphatic rings. The molecule has 0 spiro atoms. The number of amides is 1. The van der Waals surface area contributed by atoms with Crippen molar-refractivity contribution in [3.63, 3.8) is 0 Å². The molecular weight excluding hydrogens is 140 g/mol. The molecule has 1 saturated heterocycles. The molecule has 1 fully saturated rings. The minimum atomic E-state index is 0.123. The van der Waals surface area contributed by atoms with E-state index in [1.54, 1.807) is 0 Å². The van der Waals surface area contributed by atoms with Gasteiger partial charge in [0, 0.05) is 19.6 Å². The van der Waals surface area contributed by atoms with Crippen LogP contribution in [-0.4, -0.2) is 37.0 Å². The van der Waals surface area contributed by atoms with E-state index in [2.05, 4.69) is 16.8 Å². The SMILES string of the molecule is C=C(C)CN1CCNC(=O)C1. The van der Waals surface area contributed by atoms with Gasteiger partial charge in [-0.25, -0.2) is 0 Å². The maximum absolute atomic E-state index is 10.9. The van der Waals surface area contributed by atoms with E-state index in [-0.39, 0.29) is 5.91 Å². The zero-order valence-electron chi connectivity index (χ0n) is 6.89. The number of rotatable bonds is 2. The van der Waals surface area contributed by atoms with Crippen LogP contribution >= 0.6 is 0 Å². The summed E-state index contributed by atoms with van der Waals surface area (Å²) in [5.41, 5.74) is 1.11. The van der Waals surface area contributed by atoms with E-state index in [1.165, 1.54) is 0 Å². The van der Waals surface area contributed by atoms with Crippen molar-refractivity contribution < 1.29 is 4.79 Å². The summed E-state index contributed by atoms with van der Waals surface area (Å²) in [4.78, 5) is 13.0. The Kier molecular flexibility index (Phi) is 2.65. The smallest absolute Gasteiger partial charge is 0.234 e. The normalized spacial score (nSPS) is 19.5. The lowest BCUT2D eigenvalue weighted by Crippen LogP contribution is -2.47. The van der Waals surface area contributed by atoms with Crippen molar-refractivity contribution in [3.8, 4) is 0 Å². The average molecular weight is 154 g/mol. The van der Waals surface area contributed by atoms with Gasteiger partial charge >= 0.3 is 0 Å². The Morgan fingerprint density at radius 3 is 3.09 bits per heavy atom. The molecule has 0 unspecified atom stereocenters. The number of hydrogen-bond donors (Lipinski definition) is 1. The van der Waals surface area contributed by atoms with Gasteiger partial charge in [0.15, 0.2) is 0 Å². The molecule has 0 atom stereocenters. The van der Waals surface area contributed by atoms with Gasteiger partial charge in [-0.05, 0) is 6.92 Å². The van der Waals surface area contributed by atoms with E-state index in [0.29, 0.717) is 6.54 Å². The lowest BCUT2D eigenvalue weighted by Gasteiger charge is -2.26. The average Bonchev–Trinajstić information content (AvgIpc) is 1.85. The molecule has 1 N–H and O–H groups in total. The first-order valence-corrected chi connectivity index (χ1v) is 3.82. The summed E-state index contributed by atoms with van der Waals surface area (Å²) < 4.78 is 0. The van der Waals surface area contributed by atoms with Gasteiger partial charge in [-0.15, -0.1) is 0 Å². The van der Waals surface area contributed by atoms with E-state index in [4.69, 9.17) is 0 Å². The highest BCUT2D eigenvalue weighted by atomic mass is 16.2. The van der Waals surface area contributed by atoms with Crippen molar-refractivity contribution in [2.75, 3.05) is 26.2 Å². The summed E-state index contributed by atoms with van der Waals surface area (Å²) >= 11 is 0. The second kappa shape index (κ2) is 3.53. The fourth-order valence-electron chi connectivity index (χ4n) is 1.21. The van der Waals surface area contributed by atoms with Crippen LogP contribution in [0, 0.1) is 0 Å². The van der Waals surface area contributed by atoms with Crippen LogP contribution in [0.2, 0.25) is 0 Å². The largest absolute Gasteiger partial charge is 0.354 e. The summed E-state index contributed by atoms with van der Waals surface area (Å²) in [7, 11) is 0. The second-order valence-corrected chi connectivity index (χ2v) is 3.02. The standard InChI is InChI=1S/C8H14N2O/c1-7(2)5-10-4-3-9-8(11)6-10/h1,3-6H2,2H3,(H,9,11). The number of nitrogens with one attached hydrogen (secondary N) is 1. The van der Waals surface area contributed by atoms with Crippen LogP contribution < -0.4 is 5.32 Å². The third-order valence-electron chi connectivity index (χ3n) is 1.61. The number of nitrogens with zero attached hydrogens (tertiary/aromatic N) is 1. The first-order chi connectivity index (χ1) is 5.18. The number of carbonyl (C=O) groups is 1. The van der Waals surface area contributed by atoms with Gasteiger partial charge in [0.05, 0.1) is 6.54 Å². The maximum Gasteiger partial charge on any atom is 0.234 e. The molecule has 1 aliphatic heterocycles. The van der Waals surface area contributed by atoms with Crippen LogP contribution in [0.5, 0.6) is 0 Å². The first kappa shape index (κ1) is 8.27. The van der Waals surface area contributed by atoms with Gasteiger partial charge in [-0.2, -0.15) is 0 Å². The first-order valence-electron chi connectivity index (χ1n) is 3.82. The van der Waals surface area contributed by atoms with Crippen LogP contribution in [-0.2, 0) is 4.79 Å². The van der Waals surface area contributed by atoms with Gasteiger partial charge in [0.25, 0.3) is 0 Å². The molecule has 0 radical (unpaired) electrons. The molecule has 0 aromatic rings. The molecular formula is C8H14N2O. The molecule has 3 heteroatoms. The molecule has 1 heterocycles.